The molecule has 0 amide bonds. The lowest BCUT2D eigenvalue weighted by molar-refractivity contribution is -0.109. The van der Waals surface area contributed by atoms with Gasteiger partial charge < -0.3 is 9.64 Å². The van der Waals surface area contributed by atoms with Gasteiger partial charge in [-0.2, -0.15) is 4.31 Å². The van der Waals surface area contributed by atoms with E-state index in [1.807, 2.05) is 19.0 Å². The van der Waals surface area contributed by atoms with Crippen LogP contribution in [-0.2, 0) is 14.8 Å². The van der Waals surface area contributed by atoms with Crippen LogP contribution in [0, 0.1) is 0 Å². The first-order chi connectivity index (χ1) is 12.4. The van der Waals surface area contributed by atoms with Gasteiger partial charge in [-0.1, -0.05) is 12.8 Å². The number of hydrogen-bond acceptors (Lipinski definition) is 6. The van der Waals surface area contributed by atoms with Crippen LogP contribution in [0.25, 0.3) is 10.2 Å². The monoisotopic (exact) mass is 395 g/mol. The number of hydrogen-bond donors (Lipinski definition) is 0. The van der Waals surface area contributed by atoms with Gasteiger partial charge in [-0.15, -0.1) is 11.3 Å². The van der Waals surface area contributed by atoms with Crippen LogP contribution in [0.2, 0.25) is 0 Å². The number of ether oxygens (including phenoxy) is 1. The largest absolute Gasteiger partial charge is 0.372 e. The molecule has 0 bridgehead atoms. The van der Waals surface area contributed by atoms with E-state index in [0.29, 0.717) is 24.6 Å². The normalized spacial score (nSPS) is 24.0. The molecule has 2 aromatic rings. The third kappa shape index (κ3) is 3.29. The Morgan fingerprint density at radius 2 is 2.12 bits per heavy atom. The molecule has 0 N–H and O–H groups in total. The van der Waals surface area contributed by atoms with E-state index < -0.39 is 10.0 Å². The molecule has 6 nitrogen and oxygen atoms in total. The summed E-state index contributed by atoms with van der Waals surface area (Å²) in [6, 6.07) is 5.07. The van der Waals surface area contributed by atoms with E-state index in [1.54, 1.807) is 28.0 Å². The van der Waals surface area contributed by atoms with Crippen LogP contribution in [0.1, 0.15) is 25.7 Å². The number of likely N-dealkylation sites (N-methyl/N-ethyl adjacent to an activating group) is 1. The van der Waals surface area contributed by atoms with Crippen LogP contribution in [0.3, 0.4) is 0 Å². The Hall–Kier alpha value is -1.06. The molecule has 1 aliphatic heterocycles. The van der Waals surface area contributed by atoms with Gasteiger partial charge in [0, 0.05) is 13.1 Å². The van der Waals surface area contributed by atoms with E-state index in [0.717, 1.165) is 35.9 Å². The maximum Gasteiger partial charge on any atom is 0.243 e. The second kappa shape index (κ2) is 6.83. The lowest BCUT2D eigenvalue weighted by Crippen LogP contribution is -2.59. The summed E-state index contributed by atoms with van der Waals surface area (Å²) in [5.41, 5.74) is 2.29. The number of nitrogens with zero attached hydrogens (tertiary/aromatic N) is 3. The number of benzene rings is 1. The molecule has 26 heavy (non-hydrogen) atoms. The molecule has 2 fully saturated rings. The Morgan fingerprint density at radius 1 is 1.35 bits per heavy atom. The van der Waals surface area contributed by atoms with Crippen LogP contribution in [0.15, 0.2) is 28.6 Å². The summed E-state index contributed by atoms with van der Waals surface area (Å²) in [5, 5.41) is 0. The van der Waals surface area contributed by atoms with Crippen molar-refractivity contribution in [3.63, 3.8) is 0 Å². The highest BCUT2D eigenvalue weighted by Gasteiger charge is 2.47. The molecular formula is C18H25N3O3S2. The molecule has 142 valence electrons. The van der Waals surface area contributed by atoms with Crippen LogP contribution < -0.4 is 0 Å². The predicted octanol–water partition coefficient (Wildman–Crippen LogP) is 2.56. The molecule has 2 heterocycles. The van der Waals surface area contributed by atoms with E-state index in [1.165, 1.54) is 11.3 Å². The first-order valence-electron chi connectivity index (χ1n) is 9.03. The van der Waals surface area contributed by atoms with Crippen molar-refractivity contribution < 1.29 is 13.2 Å². The van der Waals surface area contributed by atoms with Gasteiger partial charge in [0.05, 0.1) is 38.9 Å². The summed E-state index contributed by atoms with van der Waals surface area (Å²) in [4.78, 5) is 6.63. The minimum atomic E-state index is -3.58. The van der Waals surface area contributed by atoms with E-state index >= 15 is 0 Å². The van der Waals surface area contributed by atoms with Gasteiger partial charge in [-0.3, -0.25) is 0 Å². The van der Waals surface area contributed by atoms with E-state index in [2.05, 4.69) is 4.98 Å². The molecule has 4 rings (SSSR count). The summed E-state index contributed by atoms with van der Waals surface area (Å²) in [7, 11) is 0.349. The number of thiazole rings is 1. The van der Waals surface area contributed by atoms with E-state index in [9.17, 15) is 8.42 Å². The van der Waals surface area contributed by atoms with Crippen molar-refractivity contribution in [3.8, 4) is 0 Å². The zero-order valence-electron chi connectivity index (χ0n) is 15.2. The zero-order chi connectivity index (χ0) is 18.4. The van der Waals surface area contributed by atoms with Crippen molar-refractivity contribution >= 4 is 31.6 Å². The van der Waals surface area contributed by atoms with Crippen LogP contribution >= 0.6 is 11.3 Å². The average Bonchev–Trinajstić information content (AvgIpc) is 3.25. The maximum absolute atomic E-state index is 13.5. The van der Waals surface area contributed by atoms with Crippen LogP contribution in [0.4, 0.5) is 0 Å². The van der Waals surface area contributed by atoms with Gasteiger partial charge in [0.1, 0.15) is 0 Å². The highest BCUT2D eigenvalue weighted by atomic mass is 32.2. The molecule has 1 saturated carbocycles. The Bertz CT molecular complexity index is 888. The van der Waals surface area contributed by atoms with Gasteiger partial charge in [-0.05, 0) is 45.1 Å². The highest BCUT2D eigenvalue weighted by Crippen LogP contribution is 2.39. The van der Waals surface area contributed by atoms with Crippen molar-refractivity contribution in [1.29, 1.82) is 0 Å². The SMILES string of the molecule is CN(C)CC1COC2(CCCC2)CN1S(=O)(=O)c1ccc2ncsc2c1. The fourth-order valence-electron chi connectivity index (χ4n) is 4.11. The quantitative estimate of drug-likeness (QED) is 0.796. The number of aromatic nitrogens is 1. The molecule has 8 heteroatoms. The smallest absolute Gasteiger partial charge is 0.243 e. The Labute approximate surface area is 158 Å². The molecule has 1 aliphatic carbocycles. The second-order valence-electron chi connectivity index (χ2n) is 7.65. The summed E-state index contributed by atoms with van der Waals surface area (Å²) in [6.45, 7) is 1.56. The molecule has 1 saturated heterocycles. The zero-order valence-corrected chi connectivity index (χ0v) is 16.9. The first kappa shape index (κ1) is 18.3. The highest BCUT2D eigenvalue weighted by molar-refractivity contribution is 7.89. The van der Waals surface area contributed by atoms with Crippen molar-refractivity contribution in [2.45, 2.75) is 42.2 Å². The first-order valence-corrected chi connectivity index (χ1v) is 11.4. The summed E-state index contributed by atoms with van der Waals surface area (Å²) in [5.74, 6) is 0. The van der Waals surface area contributed by atoms with Crippen molar-refractivity contribution in [1.82, 2.24) is 14.2 Å². The number of rotatable bonds is 4. The minimum absolute atomic E-state index is 0.168. The fraction of sp³-hybridized carbons (Fsp3) is 0.611. The predicted molar refractivity (Wildman–Crippen MR) is 103 cm³/mol. The molecule has 1 unspecified atom stereocenters. The molecule has 0 radical (unpaired) electrons. The summed E-state index contributed by atoms with van der Waals surface area (Å²) < 4.78 is 35.9. The number of morpholine rings is 1. The third-order valence-electron chi connectivity index (χ3n) is 5.43. The lowest BCUT2D eigenvalue weighted by Gasteiger charge is -2.45. The molecule has 1 aromatic carbocycles. The lowest BCUT2D eigenvalue weighted by atomic mass is 9.99. The Balaban J connectivity index is 1.71. The number of sulfonamides is 1. The van der Waals surface area contributed by atoms with Crippen molar-refractivity contribution in [2.75, 3.05) is 33.8 Å². The van der Waals surface area contributed by atoms with Gasteiger partial charge >= 0.3 is 0 Å². The van der Waals surface area contributed by atoms with E-state index in [-0.39, 0.29) is 11.6 Å². The maximum atomic E-state index is 13.5. The van der Waals surface area contributed by atoms with Gasteiger partial charge in [0.15, 0.2) is 0 Å². The Morgan fingerprint density at radius 3 is 2.85 bits per heavy atom. The summed E-state index contributed by atoms with van der Waals surface area (Å²) >= 11 is 1.47. The van der Waals surface area contributed by atoms with Gasteiger partial charge in [0.25, 0.3) is 0 Å². The fourth-order valence-corrected chi connectivity index (χ4v) is 6.61. The third-order valence-corrected chi connectivity index (χ3v) is 8.12. The molecule has 1 spiro atoms. The van der Waals surface area contributed by atoms with E-state index in [4.69, 9.17) is 4.74 Å². The van der Waals surface area contributed by atoms with Crippen molar-refractivity contribution in [2.24, 2.45) is 0 Å². The van der Waals surface area contributed by atoms with Crippen LogP contribution in [-0.4, -0.2) is 68.0 Å². The summed E-state index contributed by atoms with van der Waals surface area (Å²) in [6.07, 6.45) is 4.11. The second-order valence-corrected chi connectivity index (χ2v) is 10.4. The molecule has 2 aliphatic rings. The molecular weight excluding hydrogens is 370 g/mol. The minimum Gasteiger partial charge on any atom is -0.372 e. The molecule has 1 atom stereocenters. The van der Waals surface area contributed by atoms with Crippen molar-refractivity contribution in [3.05, 3.63) is 23.7 Å². The molecule has 1 aromatic heterocycles. The van der Waals surface area contributed by atoms with Gasteiger partial charge in [-0.25, -0.2) is 13.4 Å². The average molecular weight is 396 g/mol. The standard InChI is InChI=1S/C18H25N3O3S2/c1-20(2)10-14-11-24-18(7-3-4-8-18)12-21(14)26(22,23)15-5-6-16-17(9-15)25-13-19-16/h5-6,9,13-14H,3-4,7-8,10-12H2,1-2H3. The topological polar surface area (TPSA) is 62.7 Å². The van der Waals surface area contributed by atoms with Crippen LogP contribution in [0.5, 0.6) is 0 Å². The van der Waals surface area contributed by atoms with Gasteiger partial charge in [0.2, 0.25) is 10.0 Å². The Kier molecular flexibility index (Phi) is 4.81. The number of fused-ring (bicyclic) bond motifs is 1.